The molecule has 0 bridgehead atoms. The Bertz CT molecular complexity index is 852. The molecule has 0 amide bonds. The molecule has 0 spiro atoms. The molecule has 0 atom stereocenters. The Hall–Kier alpha value is -2.47. The van der Waals surface area contributed by atoms with E-state index in [2.05, 4.69) is 0 Å². The molecule has 0 saturated heterocycles. The zero-order valence-electron chi connectivity index (χ0n) is 14.8. The van der Waals surface area contributed by atoms with E-state index < -0.39 is 9.84 Å². The van der Waals surface area contributed by atoms with Gasteiger partial charge in [-0.1, -0.05) is 12.1 Å². The Balaban J connectivity index is 2.23. The third kappa shape index (κ3) is 4.76. The van der Waals surface area contributed by atoms with Crippen LogP contribution in [0.25, 0.3) is 6.08 Å². The van der Waals surface area contributed by atoms with Gasteiger partial charge in [-0.15, -0.1) is 0 Å². The van der Waals surface area contributed by atoms with Crippen LogP contribution in [0.15, 0.2) is 41.8 Å². The average Bonchev–Trinajstić information content (AvgIpc) is 2.60. The maximum atomic E-state index is 12.4. The summed E-state index contributed by atoms with van der Waals surface area (Å²) in [6.07, 6.45) is 1.55. The fourth-order valence-electron chi connectivity index (χ4n) is 2.50. The second-order valence-corrected chi connectivity index (χ2v) is 7.36. The Kier molecular flexibility index (Phi) is 6.09. The molecule has 25 heavy (non-hydrogen) atoms. The van der Waals surface area contributed by atoms with Crippen LogP contribution >= 0.6 is 0 Å². The molecule has 6 heteroatoms. The molecule has 0 fully saturated rings. The number of sulfone groups is 1. The van der Waals surface area contributed by atoms with Crippen LogP contribution in [0.3, 0.4) is 0 Å². The normalized spacial score (nSPS) is 11.5. The van der Waals surface area contributed by atoms with E-state index in [-0.39, 0.29) is 5.75 Å². The van der Waals surface area contributed by atoms with Gasteiger partial charge in [-0.25, -0.2) is 8.42 Å². The summed E-state index contributed by atoms with van der Waals surface area (Å²) in [6.45, 7) is 1.86. The fourth-order valence-corrected chi connectivity index (χ4v) is 3.60. The molecule has 2 aromatic rings. The molecular formula is C19H22O5S. The molecule has 2 aromatic carbocycles. The van der Waals surface area contributed by atoms with Crippen LogP contribution in [-0.2, 0) is 15.6 Å². The number of ether oxygens (including phenoxy) is 3. The zero-order valence-corrected chi connectivity index (χ0v) is 15.6. The lowest BCUT2D eigenvalue weighted by molar-refractivity contribution is 0.388. The van der Waals surface area contributed by atoms with Gasteiger partial charge in [-0.05, 0) is 42.8 Å². The Labute approximate surface area is 148 Å². The minimum atomic E-state index is -3.41. The molecule has 0 unspecified atom stereocenters. The monoisotopic (exact) mass is 362 g/mol. The van der Waals surface area contributed by atoms with Crippen molar-refractivity contribution in [2.45, 2.75) is 12.7 Å². The molecule has 5 nitrogen and oxygen atoms in total. The van der Waals surface area contributed by atoms with Crippen LogP contribution < -0.4 is 14.2 Å². The minimum absolute atomic E-state index is 0.0784. The molecule has 0 aliphatic heterocycles. The second kappa shape index (κ2) is 8.07. The summed E-state index contributed by atoms with van der Waals surface area (Å²) in [5.41, 5.74) is 2.20. The molecule has 2 rings (SSSR count). The second-order valence-electron chi connectivity index (χ2n) is 5.47. The highest BCUT2D eigenvalue weighted by Gasteiger charge is 2.12. The molecular weight excluding hydrogens is 340 g/mol. The maximum absolute atomic E-state index is 12.4. The predicted molar refractivity (Wildman–Crippen MR) is 98.9 cm³/mol. The molecule has 0 radical (unpaired) electrons. The molecule has 0 aromatic heterocycles. The van der Waals surface area contributed by atoms with Gasteiger partial charge in [0, 0.05) is 16.5 Å². The van der Waals surface area contributed by atoms with E-state index in [1.165, 1.54) is 5.41 Å². The van der Waals surface area contributed by atoms with Gasteiger partial charge in [-0.3, -0.25) is 0 Å². The first-order valence-electron chi connectivity index (χ1n) is 7.65. The van der Waals surface area contributed by atoms with Crippen LogP contribution in [0.5, 0.6) is 17.2 Å². The topological polar surface area (TPSA) is 61.8 Å². The van der Waals surface area contributed by atoms with Crippen molar-refractivity contribution in [1.82, 2.24) is 0 Å². The number of rotatable bonds is 7. The first-order chi connectivity index (χ1) is 11.9. The van der Waals surface area contributed by atoms with Crippen LogP contribution in [-0.4, -0.2) is 29.7 Å². The van der Waals surface area contributed by atoms with Gasteiger partial charge in [-0.2, -0.15) is 0 Å². The smallest absolute Gasteiger partial charge is 0.175 e. The first kappa shape index (κ1) is 18.9. The standard InChI is InChI=1S/C19H22O5S/c1-14-18(23-3)10-7-16(19(14)24-4)11-12-25(20,21)13-15-5-8-17(22-2)9-6-15/h5-12H,13H2,1-4H3. The zero-order chi connectivity index (χ0) is 18.4. The van der Waals surface area contributed by atoms with Crippen LogP contribution in [0.1, 0.15) is 16.7 Å². The van der Waals surface area contributed by atoms with Gasteiger partial charge >= 0.3 is 0 Å². The van der Waals surface area contributed by atoms with E-state index in [0.717, 1.165) is 5.56 Å². The SMILES string of the molecule is COc1ccc(CS(=O)(=O)C=Cc2ccc(OC)c(C)c2OC)cc1. The highest BCUT2D eigenvalue weighted by molar-refractivity contribution is 7.93. The van der Waals surface area contributed by atoms with Crippen LogP contribution in [0.2, 0.25) is 0 Å². The van der Waals surface area contributed by atoms with Gasteiger partial charge in [0.1, 0.15) is 17.2 Å². The minimum Gasteiger partial charge on any atom is -0.497 e. The predicted octanol–water partition coefficient (Wildman–Crippen LogP) is 3.61. The van der Waals surface area contributed by atoms with E-state index in [0.29, 0.717) is 28.4 Å². The van der Waals surface area contributed by atoms with Crippen LogP contribution in [0.4, 0.5) is 0 Å². The van der Waals surface area contributed by atoms with Crippen molar-refractivity contribution in [3.63, 3.8) is 0 Å². The summed E-state index contributed by atoms with van der Waals surface area (Å²) in [4.78, 5) is 0. The largest absolute Gasteiger partial charge is 0.497 e. The molecule has 134 valence electrons. The number of benzene rings is 2. The molecule has 0 aliphatic rings. The lowest BCUT2D eigenvalue weighted by atomic mass is 10.1. The van der Waals surface area contributed by atoms with Gasteiger partial charge < -0.3 is 14.2 Å². The van der Waals surface area contributed by atoms with Crippen molar-refractivity contribution in [3.8, 4) is 17.2 Å². The lowest BCUT2D eigenvalue weighted by Crippen LogP contribution is -2.00. The average molecular weight is 362 g/mol. The summed E-state index contributed by atoms with van der Waals surface area (Å²) in [5, 5.41) is 1.21. The number of hydrogen-bond donors (Lipinski definition) is 0. The molecule has 0 saturated carbocycles. The third-order valence-electron chi connectivity index (χ3n) is 3.79. The summed E-state index contributed by atoms with van der Waals surface area (Å²) >= 11 is 0. The van der Waals surface area contributed by atoms with E-state index in [4.69, 9.17) is 14.2 Å². The van der Waals surface area contributed by atoms with Gasteiger partial charge in [0.15, 0.2) is 9.84 Å². The highest BCUT2D eigenvalue weighted by atomic mass is 32.2. The van der Waals surface area contributed by atoms with Crippen molar-refractivity contribution < 1.29 is 22.6 Å². The van der Waals surface area contributed by atoms with Crippen LogP contribution in [0, 0.1) is 6.92 Å². The van der Waals surface area contributed by atoms with E-state index in [1.807, 2.05) is 6.92 Å². The maximum Gasteiger partial charge on any atom is 0.175 e. The Morgan fingerprint density at radius 3 is 2.16 bits per heavy atom. The molecule has 0 heterocycles. The third-order valence-corrected chi connectivity index (χ3v) is 5.08. The summed E-state index contributed by atoms with van der Waals surface area (Å²) in [5.74, 6) is 1.89. The van der Waals surface area contributed by atoms with Crippen molar-refractivity contribution >= 4 is 15.9 Å². The van der Waals surface area contributed by atoms with Crippen molar-refractivity contribution in [2.75, 3.05) is 21.3 Å². The summed E-state index contributed by atoms with van der Waals surface area (Å²) in [6, 6.07) is 10.5. The first-order valence-corrected chi connectivity index (χ1v) is 9.37. The number of hydrogen-bond acceptors (Lipinski definition) is 5. The quantitative estimate of drug-likeness (QED) is 0.753. The van der Waals surface area contributed by atoms with E-state index >= 15 is 0 Å². The van der Waals surface area contributed by atoms with Crippen molar-refractivity contribution in [2.24, 2.45) is 0 Å². The van der Waals surface area contributed by atoms with Crippen molar-refractivity contribution in [3.05, 3.63) is 58.5 Å². The molecule has 0 N–H and O–H groups in total. The van der Waals surface area contributed by atoms with E-state index in [9.17, 15) is 8.42 Å². The fraction of sp³-hybridized carbons (Fsp3) is 0.263. The summed E-state index contributed by atoms with van der Waals surface area (Å²) < 4.78 is 40.4. The van der Waals surface area contributed by atoms with Crippen molar-refractivity contribution in [1.29, 1.82) is 0 Å². The lowest BCUT2D eigenvalue weighted by Gasteiger charge is -2.12. The van der Waals surface area contributed by atoms with Gasteiger partial charge in [0.2, 0.25) is 0 Å². The highest BCUT2D eigenvalue weighted by Crippen LogP contribution is 2.32. The van der Waals surface area contributed by atoms with Gasteiger partial charge in [0.05, 0.1) is 27.1 Å². The Morgan fingerprint density at radius 1 is 0.920 bits per heavy atom. The number of methoxy groups -OCH3 is 3. The van der Waals surface area contributed by atoms with E-state index in [1.54, 1.807) is 63.8 Å². The summed E-state index contributed by atoms with van der Waals surface area (Å²) in [7, 11) is 1.28. The molecule has 0 aliphatic carbocycles. The van der Waals surface area contributed by atoms with Gasteiger partial charge in [0.25, 0.3) is 0 Å². The Morgan fingerprint density at radius 2 is 1.60 bits per heavy atom.